The first-order valence-corrected chi connectivity index (χ1v) is 6.31. The fourth-order valence-corrected chi connectivity index (χ4v) is 2.62. The van der Waals surface area contributed by atoms with Gasteiger partial charge in [-0.1, -0.05) is 19.1 Å². The molecule has 3 nitrogen and oxygen atoms in total. The molecule has 1 aromatic rings. The van der Waals surface area contributed by atoms with Gasteiger partial charge in [-0.05, 0) is 43.0 Å². The van der Waals surface area contributed by atoms with Crippen LogP contribution in [0.2, 0.25) is 0 Å². The molecule has 2 rings (SSSR count). The fourth-order valence-electron chi connectivity index (χ4n) is 2.62. The average molecular weight is 245 g/mol. The molecule has 0 aromatic heterocycles. The van der Waals surface area contributed by atoms with E-state index in [-0.39, 0.29) is 23.7 Å². The van der Waals surface area contributed by atoms with E-state index in [0.717, 1.165) is 11.1 Å². The third-order valence-corrected chi connectivity index (χ3v) is 3.97. The molecule has 1 aliphatic rings. The number of carbonyl (C=O) groups excluding carboxylic acids is 2. The van der Waals surface area contributed by atoms with Crippen LogP contribution in [0.1, 0.15) is 41.5 Å². The number of imide groups is 1. The molecule has 1 fully saturated rings. The second kappa shape index (κ2) is 4.56. The maximum Gasteiger partial charge on any atom is 0.230 e. The van der Waals surface area contributed by atoms with Crippen molar-refractivity contribution >= 4 is 11.8 Å². The Hall–Kier alpha value is -1.64. The minimum Gasteiger partial charge on any atom is -0.296 e. The SMILES string of the molecule is Cc1cc(C)c(C2CC(=O)NC(=O)C2C)cc1C. The van der Waals surface area contributed by atoms with E-state index in [1.54, 1.807) is 0 Å². The van der Waals surface area contributed by atoms with Gasteiger partial charge >= 0.3 is 0 Å². The minimum atomic E-state index is -0.166. The first-order valence-electron chi connectivity index (χ1n) is 6.31. The molecule has 0 saturated carbocycles. The van der Waals surface area contributed by atoms with Gasteiger partial charge in [-0.3, -0.25) is 14.9 Å². The van der Waals surface area contributed by atoms with Crippen molar-refractivity contribution in [3.05, 3.63) is 34.4 Å². The summed E-state index contributed by atoms with van der Waals surface area (Å²) in [6, 6.07) is 4.26. The molecule has 1 aliphatic heterocycles. The predicted molar refractivity (Wildman–Crippen MR) is 70.3 cm³/mol. The molecule has 1 N–H and O–H groups in total. The zero-order valence-corrected chi connectivity index (χ0v) is 11.3. The number of nitrogens with one attached hydrogen (secondary N) is 1. The Labute approximate surface area is 108 Å². The molecule has 1 aromatic carbocycles. The Morgan fingerprint density at radius 3 is 2.33 bits per heavy atom. The van der Waals surface area contributed by atoms with E-state index in [2.05, 4.69) is 31.3 Å². The van der Waals surface area contributed by atoms with E-state index in [1.807, 2.05) is 13.8 Å². The molecule has 3 heteroatoms. The Morgan fingerprint density at radius 2 is 1.67 bits per heavy atom. The highest BCUT2D eigenvalue weighted by atomic mass is 16.2. The highest BCUT2D eigenvalue weighted by molar-refractivity contribution is 5.99. The van der Waals surface area contributed by atoms with Crippen LogP contribution in [0.25, 0.3) is 0 Å². The summed E-state index contributed by atoms with van der Waals surface area (Å²) in [4.78, 5) is 23.3. The maximum atomic E-state index is 11.7. The summed E-state index contributed by atoms with van der Waals surface area (Å²) in [5.74, 6) is -0.469. The second-order valence-corrected chi connectivity index (χ2v) is 5.30. The smallest absolute Gasteiger partial charge is 0.230 e. The largest absolute Gasteiger partial charge is 0.296 e. The summed E-state index contributed by atoms with van der Waals surface area (Å²) in [5, 5.41) is 2.40. The number of piperidine rings is 1. The monoisotopic (exact) mass is 245 g/mol. The molecule has 0 spiro atoms. The maximum absolute atomic E-state index is 11.7. The van der Waals surface area contributed by atoms with E-state index in [0.29, 0.717) is 6.42 Å². The molecule has 1 saturated heterocycles. The molecule has 0 aliphatic carbocycles. The van der Waals surface area contributed by atoms with Crippen LogP contribution in [0.5, 0.6) is 0 Å². The van der Waals surface area contributed by atoms with Gasteiger partial charge in [-0.2, -0.15) is 0 Å². The molecule has 96 valence electrons. The quantitative estimate of drug-likeness (QED) is 0.772. The normalized spacial score (nSPS) is 24.0. The number of hydrogen-bond donors (Lipinski definition) is 1. The van der Waals surface area contributed by atoms with Gasteiger partial charge in [0.15, 0.2) is 0 Å². The molecule has 1 heterocycles. The van der Waals surface area contributed by atoms with E-state index in [4.69, 9.17) is 0 Å². The van der Waals surface area contributed by atoms with Crippen LogP contribution in [-0.2, 0) is 9.59 Å². The number of hydrogen-bond acceptors (Lipinski definition) is 2. The first-order chi connectivity index (χ1) is 8.40. The highest BCUT2D eigenvalue weighted by Crippen LogP contribution is 2.34. The van der Waals surface area contributed by atoms with Crippen LogP contribution in [0.4, 0.5) is 0 Å². The Kier molecular flexibility index (Phi) is 3.24. The third-order valence-electron chi connectivity index (χ3n) is 3.97. The van der Waals surface area contributed by atoms with Crippen molar-refractivity contribution in [3.8, 4) is 0 Å². The lowest BCUT2D eigenvalue weighted by atomic mass is 9.79. The highest BCUT2D eigenvalue weighted by Gasteiger charge is 2.34. The van der Waals surface area contributed by atoms with E-state index >= 15 is 0 Å². The second-order valence-electron chi connectivity index (χ2n) is 5.30. The molecular formula is C15H19NO2. The van der Waals surface area contributed by atoms with Gasteiger partial charge in [0.1, 0.15) is 0 Å². The summed E-state index contributed by atoms with van der Waals surface area (Å²) in [6.07, 6.45) is 0.399. The summed E-state index contributed by atoms with van der Waals surface area (Å²) < 4.78 is 0. The molecule has 2 amide bonds. The van der Waals surface area contributed by atoms with Gasteiger partial charge in [0.05, 0.1) is 0 Å². The summed E-state index contributed by atoms with van der Waals surface area (Å²) >= 11 is 0. The van der Waals surface area contributed by atoms with Crippen molar-refractivity contribution in [3.63, 3.8) is 0 Å². The topological polar surface area (TPSA) is 46.2 Å². The lowest BCUT2D eigenvalue weighted by Crippen LogP contribution is -2.43. The van der Waals surface area contributed by atoms with E-state index in [1.165, 1.54) is 11.1 Å². The van der Waals surface area contributed by atoms with E-state index < -0.39 is 0 Å². The standard InChI is InChI=1S/C15H19NO2/c1-8-5-10(3)12(6-9(8)2)13-7-14(17)16-15(18)11(13)4/h5-6,11,13H,7H2,1-4H3,(H,16,17,18). The van der Waals surface area contributed by atoms with Gasteiger partial charge in [0, 0.05) is 18.3 Å². The van der Waals surface area contributed by atoms with Gasteiger partial charge in [0.2, 0.25) is 11.8 Å². The number of benzene rings is 1. The Balaban J connectivity index is 2.44. The van der Waals surface area contributed by atoms with Crippen molar-refractivity contribution in [2.75, 3.05) is 0 Å². The molecular weight excluding hydrogens is 226 g/mol. The first kappa shape index (κ1) is 12.8. The molecule has 0 bridgehead atoms. The van der Waals surface area contributed by atoms with Crippen molar-refractivity contribution in [2.24, 2.45) is 5.92 Å². The van der Waals surface area contributed by atoms with Gasteiger partial charge in [-0.25, -0.2) is 0 Å². The van der Waals surface area contributed by atoms with Gasteiger partial charge in [0.25, 0.3) is 0 Å². The lowest BCUT2D eigenvalue weighted by Gasteiger charge is -2.29. The van der Waals surface area contributed by atoms with E-state index in [9.17, 15) is 9.59 Å². The van der Waals surface area contributed by atoms with Gasteiger partial charge in [-0.15, -0.1) is 0 Å². The zero-order chi connectivity index (χ0) is 13.4. The molecule has 18 heavy (non-hydrogen) atoms. The number of aryl methyl sites for hydroxylation is 3. The van der Waals surface area contributed by atoms with Crippen molar-refractivity contribution in [2.45, 2.75) is 40.0 Å². The number of carbonyl (C=O) groups is 2. The van der Waals surface area contributed by atoms with Crippen LogP contribution >= 0.6 is 0 Å². The molecule has 2 unspecified atom stereocenters. The summed E-state index contributed by atoms with van der Waals surface area (Å²) in [7, 11) is 0. The number of rotatable bonds is 1. The van der Waals surface area contributed by atoms with Crippen LogP contribution in [-0.4, -0.2) is 11.8 Å². The van der Waals surface area contributed by atoms with Crippen molar-refractivity contribution < 1.29 is 9.59 Å². The minimum absolute atomic E-state index is 0.00514. The van der Waals surface area contributed by atoms with Crippen LogP contribution in [0, 0.1) is 26.7 Å². The Morgan fingerprint density at radius 1 is 1.06 bits per heavy atom. The average Bonchev–Trinajstić information content (AvgIpc) is 2.29. The Bertz CT molecular complexity index is 519. The summed E-state index contributed by atoms with van der Waals surface area (Å²) in [6.45, 7) is 8.08. The molecule has 0 radical (unpaired) electrons. The van der Waals surface area contributed by atoms with Gasteiger partial charge < -0.3 is 0 Å². The predicted octanol–water partition coefficient (Wildman–Crippen LogP) is 2.38. The van der Waals surface area contributed by atoms with Crippen LogP contribution in [0.3, 0.4) is 0 Å². The zero-order valence-electron chi connectivity index (χ0n) is 11.3. The number of amides is 2. The lowest BCUT2D eigenvalue weighted by molar-refractivity contribution is -0.136. The van der Waals surface area contributed by atoms with Crippen LogP contribution in [0.15, 0.2) is 12.1 Å². The van der Waals surface area contributed by atoms with Crippen molar-refractivity contribution in [1.29, 1.82) is 0 Å². The molecule has 2 atom stereocenters. The third kappa shape index (κ3) is 2.17. The summed E-state index contributed by atoms with van der Waals surface area (Å²) in [5.41, 5.74) is 4.75. The van der Waals surface area contributed by atoms with Crippen molar-refractivity contribution in [1.82, 2.24) is 5.32 Å². The van der Waals surface area contributed by atoms with Crippen LogP contribution < -0.4 is 5.32 Å². The fraction of sp³-hybridized carbons (Fsp3) is 0.467.